The molecule has 2 N–H and O–H groups in total. The molecule has 1 amide bonds. The number of benzene rings is 1. The van der Waals surface area contributed by atoms with Crippen LogP contribution in [0.25, 0.3) is 10.9 Å². The minimum absolute atomic E-state index is 0.0280. The van der Waals surface area contributed by atoms with Gasteiger partial charge >= 0.3 is 0 Å². The zero-order valence-corrected chi connectivity index (χ0v) is 13.5. The van der Waals surface area contributed by atoms with Crippen LogP contribution in [0.4, 0.5) is 5.69 Å². The fraction of sp³-hybridized carbons (Fsp3) is 0.471. The number of nitrogens with one attached hydrogen (secondary N) is 2. The van der Waals surface area contributed by atoms with E-state index in [1.54, 1.807) is 18.2 Å². The number of carbonyl (C=O) groups is 1. The van der Waals surface area contributed by atoms with E-state index in [-0.39, 0.29) is 29.2 Å². The number of aromatic amines is 1. The number of H-pyrrole nitrogens is 1. The van der Waals surface area contributed by atoms with Gasteiger partial charge in [-0.15, -0.1) is 0 Å². The van der Waals surface area contributed by atoms with Crippen LogP contribution in [0.5, 0.6) is 0 Å². The number of carbonyl (C=O) groups excluding carboxylic acids is 1. The third kappa shape index (κ3) is 2.04. The Morgan fingerprint density at radius 2 is 2.25 bits per heavy atom. The lowest BCUT2D eigenvalue weighted by Crippen LogP contribution is -2.66. The summed E-state index contributed by atoms with van der Waals surface area (Å²) in [4.78, 5) is 26.2. The van der Waals surface area contributed by atoms with E-state index in [0.29, 0.717) is 22.5 Å². The monoisotopic (exact) mass is 329 g/mol. The Balaban J connectivity index is 1.60. The molecule has 1 aliphatic heterocycles. The Hall–Kier alpha value is -2.41. The molecule has 1 aliphatic carbocycles. The number of aromatic nitrogens is 1. The first kappa shape index (κ1) is 15.1. The Kier molecular flexibility index (Phi) is 3.18. The van der Waals surface area contributed by atoms with Crippen molar-refractivity contribution in [3.05, 3.63) is 40.1 Å². The van der Waals surface area contributed by atoms with Crippen LogP contribution >= 0.6 is 0 Å². The largest absolute Gasteiger partial charge is 0.377 e. The number of nitro benzene ring substituents is 1. The predicted molar refractivity (Wildman–Crippen MR) is 87.8 cm³/mol. The van der Waals surface area contributed by atoms with E-state index in [9.17, 15) is 14.9 Å². The van der Waals surface area contributed by atoms with Crippen LogP contribution in [0, 0.1) is 21.4 Å². The summed E-state index contributed by atoms with van der Waals surface area (Å²) in [6.07, 6.45) is 1.16. The van der Waals surface area contributed by atoms with Crippen molar-refractivity contribution in [2.75, 3.05) is 6.61 Å². The molecule has 1 aromatic heterocycles. The number of hydrogen-bond acceptors (Lipinski definition) is 4. The molecular formula is C17H19N3O4. The number of fused-ring (bicyclic) bond motifs is 2. The zero-order valence-electron chi connectivity index (χ0n) is 13.5. The molecule has 0 spiro atoms. The van der Waals surface area contributed by atoms with Crippen molar-refractivity contribution >= 4 is 22.5 Å². The van der Waals surface area contributed by atoms with E-state index in [2.05, 4.69) is 24.1 Å². The van der Waals surface area contributed by atoms with Crippen molar-refractivity contribution in [3.63, 3.8) is 0 Å². The van der Waals surface area contributed by atoms with Crippen molar-refractivity contribution in [1.82, 2.24) is 10.3 Å². The molecule has 2 heterocycles. The van der Waals surface area contributed by atoms with E-state index in [1.165, 1.54) is 6.07 Å². The normalized spacial score (nSPS) is 27.5. The second-order valence-corrected chi connectivity index (χ2v) is 7.20. The fourth-order valence-electron chi connectivity index (χ4n) is 4.25. The summed E-state index contributed by atoms with van der Waals surface area (Å²) in [5.74, 6) is 0.117. The van der Waals surface area contributed by atoms with Crippen molar-refractivity contribution in [2.24, 2.45) is 11.3 Å². The highest BCUT2D eigenvalue weighted by molar-refractivity contribution is 6.00. The fourth-order valence-corrected chi connectivity index (χ4v) is 4.25. The third-order valence-electron chi connectivity index (χ3n) is 5.46. The Bertz CT molecular complexity index is 841. The van der Waals surface area contributed by atoms with Crippen molar-refractivity contribution in [2.45, 2.75) is 32.4 Å². The number of amides is 1. The van der Waals surface area contributed by atoms with Gasteiger partial charge in [0.05, 0.1) is 11.0 Å². The van der Waals surface area contributed by atoms with Crippen LogP contribution in [-0.4, -0.2) is 34.6 Å². The van der Waals surface area contributed by atoms with Crippen molar-refractivity contribution in [1.29, 1.82) is 0 Å². The molecule has 2 aromatic rings. The van der Waals surface area contributed by atoms with E-state index in [0.717, 1.165) is 13.0 Å². The van der Waals surface area contributed by atoms with Crippen LogP contribution in [0.2, 0.25) is 0 Å². The van der Waals surface area contributed by atoms with Gasteiger partial charge in [0.25, 0.3) is 11.6 Å². The molecule has 4 rings (SSSR count). The van der Waals surface area contributed by atoms with E-state index in [1.807, 2.05) is 0 Å². The number of hydrogen-bond donors (Lipinski definition) is 2. The smallest absolute Gasteiger partial charge is 0.293 e. The van der Waals surface area contributed by atoms with E-state index >= 15 is 0 Å². The number of nitrogens with zero attached hydrogens (tertiary/aromatic N) is 1. The summed E-state index contributed by atoms with van der Waals surface area (Å²) in [5.41, 5.74) is 0.592. The Labute approximate surface area is 138 Å². The lowest BCUT2D eigenvalue weighted by Gasteiger charge is -2.54. The molecule has 24 heavy (non-hydrogen) atoms. The number of non-ortho nitro benzene ring substituents is 1. The molecule has 3 atom stereocenters. The molecule has 7 heteroatoms. The van der Waals surface area contributed by atoms with Gasteiger partial charge in [-0.2, -0.15) is 0 Å². The quantitative estimate of drug-likeness (QED) is 0.668. The minimum atomic E-state index is -0.448. The standard InChI is InChI=1S/C17H19N3O4/c1-17(2)14(10-6-7-24-15(10)17)19-16(21)11-8-9-4-3-5-12(20(22)23)13(9)18-11/h3-5,8,10,14-15,18H,6-7H2,1-2H3,(H,19,21)/t10-,14+,15+/m0/s1. The number of ether oxygens (including phenoxy) is 1. The average molecular weight is 329 g/mol. The van der Waals surface area contributed by atoms with E-state index in [4.69, 9.17) is 4.74 Å². The zero-order chi connectivity index (χ0) is 17.1. The molecule has 2 fully saturated rings. The van der Waals surface area contributed by atoms with Crippen LogP contribution in [-0.2, 0) is 4.74 Å². The maximum absolute atomic E-state index is 12.6. The first-order valence-electron chi connectivity index (χ1n) is 8.08. The molecule has 0 bridgehead atoms. The van der Waals surface area contributed by atoms with Gasteiger partial charge in [-0.25, -0.2) is 0 Å². The maximum Gasteiger partial charge on any atom is 0.293 e. The number of nitro groups is 1. The Morgan fingerprint density at radius 3 is 3.00 bits per heavy atom. The highest BCUT2D eigenvalue weighted by Gasteiger charge is 2.59. The first-order valence-corrected chi connectivity index (χ1v) is 8.08. The van der Waals surface area contributed by atoms with Gasteiger partial charge < -0.3 is 15.0 Å². The van der Waals surface area contributed by atoms with Crippen molar-refractivity contribution in [3.8, 4) is 0 Å². The third-order valence-corrected chi connectivity index (χ3v) is 5.46. The summed E-state index contributed by atoms with van der Waals surface area (Å²) >= 11 is 0. The van der Waals surface area contributed by atoms with Gasteiger partial charge in [-0.3, -0.25) is 14.9 Å². The second kappa shape index (κ2) is 5.04. The van der Waals surface area contributed by atoms with Gasteiger partial charge in [-0.1, -0.05) is 26.0 Å². The molecule has 1 saturated heterocycles. The van der Waals surface area contributed by atoms with Crippen LogP contribution < -0.4 is 5.32 Å². The summed E-state index contributed by atoms with van der Waals surface area (Å²) in [6, 6.07) is 6.51. The maximum atomic E-state index is 12.6. The lowest BCUT2D eigenvalue weighted by molar-refractivity contribution is -0.383. The van der Waals surface area contributed by atoms with Crippen molar-refractivity contribution < 1.29 is 14.5 Å². The molecule has 126 valence electrons. The second-order valence-electron chi connectivity index (χ2n) is 7.20. The Morgan fingerprint density at radius 1 is 1.46 bits per heavy atom. The summed E-state index contributed by atoms with van der Waals surface area (Å²) in [5, 5.41) is 14.8. The lowest BCUT2D eigenvalue weighted by atomic mass is 9.57. The molecule has 1 saturated carbocycles. The van der Waals surface area contributed by atoms with Crippen LogP contribution in [0.1, 0.15) is 30.8 Å². The molecular weight excluding hydrogens is 310 g/mol. The van der Waals surface area contributed by atoms with Gasteiger partial charge in [-0.05, 0) is 12.5 Å². The average Bonchev–Trinajstić information content (AvgIpc) is 3.17. The minimum Gasteiger partial charge on any atom is -0.377 e. The first-order chi connectivity index (χ1) is 11.4. The van der Waals surface area contributed by atoms with Crippen LogP contribution in [0.3, 0.4) is 0 Å². The van der Waals surface area contributed by atoms with Crippen LogP contribution in [0.15, 0.2) is 24.3 Å². The highest BCUT2D eigenvalue weighted by atomic mass is 16.6. The molecule has 0 radical (unpaired) electrons. The summed E-state index contributed by atoms with van der Waals surface area (Å²) < 4.78 is 5.74. The SMILES string of the molecule is CC1(C)[C@H](NC(=O)c2cc3cccc([N+](=O)[O-])c3[nH]2)[C@@H]2CCO[C@H]21. The molecule has 0 unspecified atom stereocenters. The molecule has 7 nitrogen and oxygen atoms in total. The summed E-state index contributed by atoms with van der Waals surface area (Å²) in [7, 11) is 0. The van der Waals surface area contributed by atoms with Gasteiger partial charge in [0, 0.05) is 35.4 Å². The predicted octanol–water partition coefficient (Wildman–Crippen LogP) is 2.62. The van der Waals surface area contributed by atoms with E-state index < -0.39 is 4.92 Å². The highest BCUT2D eigenvalue weighted by Crippen LogP contribution is 2.52. The summed E-state index contributed by atoms with van der Waals surface area (Å²) in [6.45, 7) is 4.94. The van der Waals surface area contributed by atoms with Gasteiger partial charge in [0.2, 0.25) is 0 Å². The molecule has 1 aromatic carbocycles. The van der Waals surface area contributed by atoms with Gasteiger partial charge in [0.1, 0.15) is 11.2 Å². The topological polar surface area (TPSA) is 97.3 Å². The van der Waals surface area contributed by atoms with Gasteiger partial charge in [0.15, 0.2) is 0 Å². The number of rotatable bonds is 3. The number of para-hydroxylation sites is 1. The molecule has 2 aliphatic rings.